The number of thiol groups is 1. The average Bonchev–Trinajstić information content (AvgIpc) is 2.45. The van der Waals surface area contributed by atoms with Crippen LogP contribution >= 0.6 is 39.9 Å². The van der Waals surface area contributed by atoms with Gasteiger partial charge in [0.15, 0.2) is 0 Å². The largest absolute Gasteiger partial charge is 0.198 e. The number of thiophene rings is 1. The number of hydrogen-bond donors (Lipinski definition) is 1. The van der Waals surface area contributed by atoms with Gasteiger partial charge in [-0.1, -0.05) is 12.1 Å². The first-order valence-corrected chi connectivity index (χ1v) is 6.05. The van der Waals surface area contributed by atoms with Crippen molar-refractivity contribution in [1.29, 1.82) is 5.26 Å². The van der Waals surface area contributed by atoms with E-state index in [1.807, 2.05) is 18.2 Å². The van der Waals surface area contributed by atoms with Crippen molar-refractivity contribution in [2.75, 3.05) is 0 Å². The van der Waals surface area contributed by atoms with Crippen molar-refractivity contribution in [3.63, 3.8) is 0 Å². The number of halogens is 1. The fourth-order valence-electron chi connectivity index (χ4n) is 1.40. The minimum absolute atomic E-state index is 0.444. The normalized spacial score (nSPS) is 10.4. The van der Waals surface area contributed by atoms with E-state index in [-0.39, 0.29) is 0 Å². The Morgan fingerprint density at radius 2 is 2.29 bits per heavy atom. The Kier molecular flexibility index (Phi) is 2.82. The average molecular weight is 284 g/mol. The predicted molar refractivity (Wildman–Crippen MR) is 66.1 cm³/mol. The van der Waals surface area contributed by atoms with Gasteiger partial charge in [0, 0.05) is 14.6 Å². The predicted octanol–water partition coefficient (Wildman–Crippen LogP) is 4.02. The van der Waals surface area contributed by atoms with E-state index >= 15 is 0 Å². The highest BCUT2D eigenvalue weighted by Gasteiger charge is 2.10. The van der Waals surface area contributed by atoms with Crippen molar-refractivity contribution in [2.45, 2.75) is 10.6 Å². The molecular formula is C10H6BrNS2. The number of nitriles is 1. The van der Waals surface area contributed by atoms with Gasteiger partial charge in [-0.25, -0.2) is 0 Å². The van der Waals surface area contributed by atoms with E-state index < -0.39 is 0 Å². The molecule has 0 atom stereocenters. The molecule has 0 aliphatic heterocycles. The standard InChI is InChI=1S/C10H6BrNS2/c11-9-8-6(4-5-12)2-1-3-7(8)14-10(9)13/h1-3,13H,4H2. The third-order valence-electron chi connectivity index (χ3n) is 2.00. The summed E-state index contributed by atoms with van der Waals surface area (Å²) < 4.78 is 3.15. The summed E-state index contributed by atoms with van der Waals surface area (Å²) in [4.78, 5) is 0. The molecule has 0 saturated carbocycles. The van der Waals surface area contributed by atoms with Crippen molar-refractivity contribution in [3.05, 3.63) is 28.2 Å². The second-order valence-electron chi connectivity index (χ2n) is 2.85. The fraction of sp³-hybridized carbons (Fsp3) is 0.100. The maximum atomic E-state index is 8.70. The van der Waals surface area contributed by atoms with Crippen LogP contribution in [0.15, 0.2) is 26.9 Å². The number of rotatable bonds is 1. The number of hydrogen-bond acceptors (Lipinski definition) is 3. The van der Waals surface area contributed by atoms with Crippen LogP contribution in [0.5, 0.6) is 0 Å². The van der Waals surface area contributed by atoms with Crippen LogP contribution in [0.25, 0.3) is 10.1 Å². The summed E-state index contributed by atoms with van der Waals surface area (Å²) in [6.45, 7) is 0. The Balaban J connectivity index is 2.79. The SMILES string of the molecule is N#CCc1cccc2sc(S)c(Br)c12. The first-order chi connectivity index (χ1) is 6.74. The third-order valence-corrected chi connectivity index (χ3v) is 4.81. The first-order valence-electron chi connectivity index (χ1n) is 4.00. The lowest BCUT2D eigenvalue weighted by molar-refractivity contribution is 1.29. The molecule has 4 heteroatoms. The number of benzene rings is 1. The Morgan fingerprint density at radius 3 is 3.00 bits per heavy atom. The van der Waals surface area contributed by atoms with E-state index in [9.17, 15) is 0 Å². The van der Waals surface area contributed by atoms with Crippen molar-refractivity contribution < 1.29 is 0 Å². The molecule has 0 radical (unpaired) electrons. The molecule has 1 heterocycles. The van der Waals surface area contributed by atoms with Gasteiger partial charge >= 0.3 is 0 Å². The number of nitrogens with zero attached hydrogens (tertiary/aromatic N) is 1. The molecule has 0 saturated heterocycles. The lowest BCUT2D eigenvalue weighted by Crippen LogP contribution is -1.81. The topological polar surface area (TPSA) is 23.8 Å². The minimum Gasteiger partial charge on any atom is -0.198 e. The summed E-state index contributed by atoms with van der Waals surface area (Å²) in [5.41, 5.74) is 1.06. The lowest BCUT2D eigenvalue weighted by Gasteiger charge is -1.97. The van der Waals surface area contributed by atoms with Crippen molar-refractivity contribution in [1.82, 2.24) is 0 Å². The van der Waals surface area contributed by atoms with Crippen molar-refractivity contribution in [3.8, 4) is 6.07 Å². The molecule has 0 unspecified atom stereocenters. The van der Waals surface area contributed by atoms with Crippen LogP contribution in [0.3, 0.4) is 0 Å². The van der Waals surface area contributed by atoms with Gasteiger partial charge in [-0.05, 0) is 27.6 Å². The summed E-state index contributed by atoms with van der Waals surface area (Å²) in [6.07, 6.45) is 0.444. The first kappa shape index (κ1) is 10.0. The maximum absolute atomic E-state index is 8.70. The molecule has 1 aromatic carbocycles. The van der Waals surface area contributed by atoms with Crippen molar-refractivity contribution in [2.24, 2.45) is 0 Å². The van der Waals surface area contributed by atoms with Gasteiger partial charge in [0.25, 0.3) is 0 Å². The van der Waals surface area contributed by atoms with E-state index in [0.29, 0.717) is 6.42 Å². The minimum atomic E-state index is 0.444. The van der Waals surface area contributed by atoms with Crippen LogP contribution in [0.1, 0.15) is 5.56 Å². The zero-order chi connectivity index (χ0) is 10.1. The number of fused-ring (bicyclic) bond motifs is 1. The van der Waals surface area contributed by atoms with Gasteiger partial charge in [0.1, 0.15) is 0 Å². The summed E-state index contributed by atoms with van der Waals surface area (Å²) in [5.74, 6) is 0. The van der Waals surface area contributed by atoms with Gasteiger partial charge in [-0.3, -0.25) is 0 Å². The molecule has 14 heavy (non-hydrogen) atoms. The van der Waals surface area contributed by atoms with Gasteiger partial charge in [-0.15, -0.1) is 24.0 Å². The molecule has 1 aromatic heterocycles. The highest BCUT2D eigenvalue weighted by Crippen LogP contribution is 2.39. The second-order valence-corrected chi connectivity index (χ2v) is 5.44. The molecule has 0 spiro atoms. The fourth-order valence-corrected chi connectivity index (χ4v) is 3.53. The quantitative estimate of drug-likeness (QED) is 0.786. The molecule has 0 aliphatic carbocycles. The van der Waals surface area contributed by atoms with E-state index in [2.05, 4.69) is 34.6 Å². The van der Waals surface area contributed by atoms with E-state index in [1.165, 1.54) is 4.70 Å². The second kappa shape index (κ2) is 3.93. The Morgan fingerprint density at radius 1 is 1.50 bits per heavy atom. The molecule has 1 nitrogen and oxygen atoms in total. The monoisotopic (exact) mass is 283 g/mol. The Labute approximate surface area is 99.9 Å². The van der Waals surface area contributed by atoms with Crippen LogP contribution < -0.4 is 0 Å². The Hall–Kier alpha value is -0.500. The Bertz CT molecular complexity index is 525. The summed E-state index contributed by atoms with van der Waals surface area (Å²) in [7, 11) is 0. The molecular weight excluding hydrogens is 278 g/mol. The molecule has 0 bridgehead atoms. The van der Waals surface area contributed by atoms with Crippen LogP contribution in [-0.2, 0) is 6.42 Å². The van der Waals surface area contributed by atoms with Gasteiger partial charge in [0.2, 0.25) is 0 Å². The van der Waals surface area contributed by atoms with Crippen LogP contribution in [0.4, 0.5) is 0 Å². The molecule has 0 aliphatic rings. The zero-order valence-corrected chi connectivity index (χ0v) is 10.4. The van der Waals surface area contributed by atoms with E-state index in [0.717, 1.165) is 19.6 Å². The van der Waals surface area contributed by atoms with Gasteiger partial charge in [-0.2, -0.15) is 5.26 Å². The third kappa shape index (κ3) is 1.56. The van der Waals surface area contributed by atoms with Gasteiger partial charge in [0.05, 0.1) is 16.7 Å². The van der Waals surface area contributed by atoms with E-state index in [4.69, 9.17) is 5.26 Å². The summed E-state index contributed by atoms with van der Waals surface area (Å²) >= 11 is 9.48. The molecule has 0 amide bonds. The van der Waals surface area contributed by atoms with Crippen LogP contribution in [-0.4, -0.2) is 0 Å². The smallest absolute Gasteiger partial charge is 0.0723 e. The lowest BCUT2D eigenvalue weighted by atomic mass is 10.1. The summed E-state index contributed by atoms with van der Waals surface area (Å²) in [5, 5.41) is 9.82. The van der Waals surface area contributed by atoms with Crippen LogP contribution in [0.2, 0.25) is 0 Å². The van der Waals surface area contributed by atoms with Crippen LogP contribution in [0, 0.1) is 11.3 Å². The maximum Gasteiger partial charge on any atom is 0.0723 e. The zero-order valence-electron chi connectivity index (χ0n) is 7.12. The molecule has 0 fully saturated rings. The summed E-state index contributed by atoms with van der Waals surface area (Å²) in [6, 6.07) is 8.18. The highest BCUT2D eigenvalue weighted by atomic mass is 79.9. The molecule has 70 valence electrons. The molecule has 0 N–H and O–H groups in total. The molecule has 2 rings (SSSR count). The molecule has 2 aromatic rings. The van der Waals surface area contributed by atoms with E-state index in [1.54, 1.807) is 11.3 Å². The van der Waals surface area contributed by atoms with Crippen molar-refractivity contribution >= 4 is 50.0 Å². The highest BCUT2D eigenvalue weighted by molar-refractivity contribution is 9.10. The van der Waals surface area contributed by atoms with Gasteiger partial charge < -0.3 is 0 Å².